The number of hydrogen-bond acceptors (Lipinski definition) is 5. The minimum Gasteiger partial charge on any atom is -0.496 e. The molecule has 1 aliphatic rings. The second kappa shape index (κ2) is 8.53. The number of pyridine rings is 1. The first-order valence-corrected chi connectivity index (χ1v) is 8.86. The number of ether oxygens (including phenoxy) is 2. The van der Waals surface area contributed by atoms with Crippen LogP contribution in [0.5, 0.6) is 11.5 Å². The lowest BCUT2D eigenvalue weighted by Gasteiger charge is -2.23. The third kappa shape index (κ3) is 4.02. The van der Waals surface area contributed by atoms with Gasteiger partial charge in [0, 0.05) is 32.4 Å². The highest BCUT2D eigenvalue weighted by Crippen LogP contribution is 2.29. The number of hydrogen-bond donors (Lipinski definition) is 0. The smallest absolute Gasteiger partial charge is 0.272 e. The van der Waals surface area contributed by atoms with Crippen molar-refractivity contribution in [2.75, 3.05) is 40.4 Å². The molecule has 0 bridgehead atoms. The number of carbonyl (C=O) groups is 2. The molecule has 2 amide bonds. The van der Waals surface area contributed by atoms with Gasteiger partial charge in [-0.2, -0.15) is 0 Å². The van der Waals surface area contributed by atoms with Crippen molar-refractivity contribution in [3.63, 3.8) is 0 Å². The van der Waals surface area contributed by atoms with Crippen molar-refractivity contribution in [1.29, 1.82) is 0 Å². The fraction of sp³-hybridized carbons (Fsp3) is 0.350. The largest absolute Gasteiger partial charge is 0.496 e. The molecule has 1 saturated heterocycles. The number of nitrogens with zero attached hydrogens (tertiary/aromatic N) is 3. The molecule has 1 aromatic heterocycles. The summed E-state index contributed by atoms with van der Waals surface area (Å²) in [6.45, 7) is 2.05. The quantitative estimate of drug-likeness (QED) is 0.825. The van der Waals surface area contributed by atoms with Crippen LogP contribution in [-0.4, -0.2) is 67.0 Å². The average Bonchev–Trinajstić information content (AvgIpc) is 2.99. The molecule has 2 aromatic rings. The number of benzene rings is 1. The molecule has 2 heterocycles. The molecule has 0 saturated carbocycles. The van der Waals surface area contributed by atoms with Crippen LogP contribution >= 0.6 is 0 Å². The van der Waals surface area contributed by atoms with Gasteiger partial charge in [0.25, 0.3) is 11.8 Å². The van der Waals surface area contributed by atoms with Crippen LogP contribution in [0.3, 0.4) is 0 Å². The summed E-state index contributed by atoms with van der Waals surface area (Å²) < 4.78 is 10.7. The van der Waals surface area contributed by atoms with E-state index in [-0.39, 0.29) is 11.8 Å². The monoisotopic (exact) mass is 369 g/mol. The summed E-state index contributed by atoms with van der Waals surface area (Å²) in [4.78, 5) is 33.3. The molecule has 0 N–H and O–H groups in total. The normalized spacial score (nSPS) is 14.4. The molecule has 1 aromatic carbocycles. The SMILES string of the molecule is COc1cccc(OC)c1C(=O)N1CCCN(C(=O)c2ccccn2)CC1. The van der Waals surface area contributed by atoms with Gasteiger partial charge in [0.1, 0.15) is 22.8 Å². The van der Waals surface area contributed by atoms with Gasteiger partial charge < -0.3 is 19.3 Å². The summed E-state index contributed by atoms with van der Waals surface area (Å²) in [7, 11) is 3.06. The molecular formula is C20H23N3O4. The van der Waals surface area contributed by atoms with E-state index >= 15 is 0 Å². The maximum absolute atomic E-state index is 13.1. The number of carbonyl (C=O) groups excluding carboxylic acids is 2. The molecule has 0 radical (unpaired) electrons. The van der Waals surface area contributed by atoms with Gasteiger partial charge in [-0.15, -0.1) is 0 Å². The first-order chi connectivity index (χ1) is 13.2. The van der Waals surface area contributed by atoms with Gasteiger partial charge in [-0.05, 0) is 30.7 Å². The van der Waals surface area contributed by atoms with Gasteiger partial charge in [0.2, 0.25) is 0 Å². The summed E-state index contributed by atoms with van der Waals surface area (Å²) >= 11 is 0. The van der Waals surface area contributed by atoms with Crippen LogP contribution in [0, 0.1) is 0 Å². The van der Waals surface area contributed by atoms with E-state index in [1.165, 1.54) is 14.2 Å². The fourth-order valence-electron chi connectivity index (χ4n) is 3.20. The van der Waals surface area contributed by atoms with Crippen molar-refractivity contribution in [2.24, 2.45) is 0 Å². The predicted molar refractivity (Wildman–Crippen MR) is 100 cm³/mol. The van der Waals surface area contributed by atoms with Gasteiger partial charge >= 0.3 is 0 Å². The van der Waals surface area contributed by atoms with Crippen LogP contribution in [0.25, 0.3) is 0 Å². The lowest BCUT2D eigenvalue weighted by molar-refractivity contribution is 0.0712. The molecule has 1 fully saturated rings. The van der Waals surface area contributed by atoms with Crippen LogP contribution in [-0.2, 0) is 0 Å². The van der Waals surface area contributed by atoms with Crippen molar-refractivity contribution in [3.8, 4) is 11.5 Å². The first-order valence-electron chi connectivity index (χ1n) is 8.86. The van der Waals surface area contributed by atoms with Gasteiger partial charge in [-0.25, -0.2) is 0 Å². The van der Waals surface area contributed by atoms with Crippen LogP contribution in [0.15, 0.2) is 42.6 Å². The molecule has 1 aliphatic heterocycles. The van der Waals surface area contributed by atoms with Crippen molar-refractivity contribution >= 4 is 11.8 Å². The highest BCUT2D eigenvalue weighted by molar-refractivity contribution is 6.00. The van der Waals surface area contributed by atoms with E-state index in [1.54, 1.807) is 52.4 Å². The Morgan fingerprint density at radius 2 is 1.48 bits per heavy atom. The van der Waals surface area contributed by atoms with E-state index in [4.69, 9.17) is 9.47 Å². The van der Waals surface area contributed by atoms with E-state index < -0.39 is 0 Å². The van der Waals surface area contributed by atoms with Crippen LogP contribution in [0.1, 0.15) is 27.3 Å². The molecule has 7 heteroatoms. The molecule has 3 rings (SSSR count). The van der Waals surface area contributed by atoms with Gasteiger partial charge in [0.05, 0.1) is 14.2 Å². The standard InChI is InChI=1S/C20H23N3O4/c1-26-16-8-5-9-17(27-2)18(16)20(25)23-12-6-11-22(13-14-23)19(24)15-7-3-4-10-21-15/h3-5,7-10H,6,11-14H2,1-2H3. The summed E-state index contributed by atoms with van der Waals surface area (Å²) in [6, 6.07) is 10.5. The van der Waals surface area contributed by atoms with Crippen LogP contribution in [0.4, 0.5) is 0 Å². The van der Waals surface area contributed by atoms with E-state index in [9.17, 15) is 9.59 Å². The zero-order valence-electron chi connectivity index (χ0n) is 15.6. The Labute approximate surface area is 158 Å². The van der Waals surface area contributed by atoms with Crippen molar-refractivity contribution in [2.45, 2.75) is 6.42 Å². The van der Waals surface area contributed by atoms with Crippen molar-refractivity contribution < 1.29 is 19.1 Å². The fourth-order valence-corrected chi connectivity index (χ4v) is 3.20. The Morgan fingerprint density at radius 1 is 0.852 bits per heavy atom. The van der Waals surface area contributed by atoms with Crippen LogP contribution < -0.4 is 9.47 Å². The Morgan fingerprint density at radius 3 is 2.04 bits per heavy atom. The highest BCUT2D eigenvalue weighted by atomic mass is 16.5. The minimum atomic E-state index is -0.156. The third-order valence-corrected chi connectivity index (χ3v) is 4.60. The molecule has 7 nitrogen and oxygen atoms in total. The first kappa shape index (κ1) is 18.7. The number of rotatable bonds is 4. The van der Waals surface area contributed by atoms with Gasteiger partial charge in [-0.1, -0.05) is 12.1 Å². The summed E-state index contributed by atoms with van der Waals surface area (Å²) in [5.74, 6) is 0.686. The Bertz CT molecular complexity index is 788. The van der Waals surface area contributed by atoms with Gasteiger partial charge in [-0.3, -0.25) is 14.6 Å². The molecule has 142 valence electrons. The summed E-state index contributed by atoms with van der Waals surface area (Å²) in [5.41, 5.74) is 0.829. The average molecular weight is 369 g/mol. The van der Waals surface area contributed by atoms with E-state index in [0.717, 1.165) is 0 Å². The molecular weight excluding hydrogens is 346 g/mol. The maximum Gasteiger partial charge on any atom is 0.272 e. The Hall–Kier alpha value is -3.09. The second-order valence-electron chi connectivity index (χ2n) is 6.19. The predicted octanol–water partition coefficient (Wildman–Crippen LogP) is 2.09. The summed E-state index contributed by atoms with van der Waals surface area (Å²) in [6.07, 6.45) is 2.30. The Kier molecular flexibility index (Phi) is 5.90. The summed E-state index contributed by atoms with van der Waals surface area (Å²) in [5, 5.41) is 0. The van der Waals surface area contributed by atoms with Crippen LogP contribution in [0.2, 0.25) is 0 Å². The molecule has 0 aliphatic carbocycles. The minimum absolute atomic E-state index is 0.111. The number of aromatic nitrogens is 1. The van der Waals surface area contributed by atoms with E-state index in [2.05, 4.69) is 4.98 Å². The topological polar surface area (TPSA) is 72.0 Å². The lowest BCUT2D eigenvalue weighted by Crippen LogP contribution is -2.37. The number of methoxy groups -OCH3 is 2. The molecule has 0 atom stereocenters. The van der Waals surface area contributed by atoms with Crippen molar-refractivity contribution in [3.05, 3.63) is 53.9 Å². The van der Waals surface area contributed by atoms with E-state index in [1.807, 2.05) is 0 Å². The maximum atomic E-state index is 13.1. The lowest BCUT2D eigenvalue weighted by atomic mass is 10.1. The number of amides is 2. The molecule has 0 spiro atoms. The van der Waals surface area contributed by atoms with Gasteiger partial charge in [0.15, 0.2) is 0 Å². The third-order valence-electron chi connectivity index (χ3n) is 4.60. The van der Waals surface area contributed by atoms with Crippen molar-refractivity contribution in [1.82, 2.24) is 14.8 Å². The zero-order chi connectivity index (χ0) is 19.2. The highest BCUT2D eigenvalue weighted by Gasteiger charge is 2.27. The Balaban J connectivity index is 1.75. The second-order valence-corrected chi connectivity index (χ2v) is 6.19. The zero-order valence-corrected chi connectivity index (χ0v) is 15.6. The van der Waals surface area contributed by atoms with E-state index in [0.29, 0.717) is 55.4 Å². The molecule has 0 unspecified atom stereocenters. The molecule has 27 heavy (non-hydrogen) atoms.